The number of carboxylic acid groups (broad SMARTS) is 1. The number of likely N-dealkylation sites (tertiary alicyclic amines) is 1. The van der Waals surface area contributed by atoms with Crippen LogP contribution in [0.2, 0.25) is 5.02 Å². The lowest BCUT2D eigenvalue weighted by Crippen LogP contribution is -2.40. The summed E-state index contributed by atoms with van der Waals surface area (Å²) in [6, 6.07) is 11.0. The molecular formula is C33H35ClN4O5S. The Bertz CT molecular complexity index is 1730. The Kier molecular flexibility index (Phi) is 8.17. The van der Waals surface area contributed by atoms with Crippen LogP contribution >= 0.6 is 22.9 Å². The van der Waals surface area contributed by atoms with E-state index >= 15 is 0 Å². The van der Waals surface area contributed by atoms with Crippen molar-refractivity contribution in [1.29, 1.82) is 0 Å². The van der Waals surface area contributed by atoms with E-state index in [9.17, 15) is 14.7 Å². The average Bonchev–Trinajstić information content (AvgIpc) is 3.46. The number of aromatic nitrogens is 3. The van der Waals surface area contributed by atoms with Crippen LogP contribution in [0.1, 0.15) is 80.5 Å². The molecule has 2 saturated heterocycles. The van der Waals surface area contributed by atoms with Crippen LogP contribution in [0.3, 0.4) is 0 Å². The zero-order valence-corrected chi connectivity index (χ0v) is 26.2. The minimum absolute atomic E-state index is 0.000595. The van der Waals surface area contributed by atoms with Crippen LogP contribution in [0.25, 0.3) is 11.0 Å². The monoisotopic (exact) mass is 634 g/mol. The van der Waals surface area contributed by atoms with Crippen LogP contribution < -0.4 is 4.74 Å². The Labute approximate surface area is 264 Å². The molecule has 3 atom stereocenters. The number of nitrogens with zero attached hydrogens (tertiary/aromatic N) is 4. The number of ether oxygens (including phenoxy) is 2. The summed E-state index contributed by atoms with van der Waals surface area (Å²) in [7, 11) is 0. The molecule has 7 rings (SSSR count). The number of hydrogen-bond donors (Lipinski definition) is 1. The van der Waals surface area contributed by atoms with Crippen LogP contribution in [0.5, 0.6) is 5.88 Å². The highest BCUT2D eigenvalue weighted by Gasteiger charge is 2.35. The third-order valence-electron chi connectivity index (χ3n) is 9.25. The fourth-order valence-corrected chi connectivity index (χ4v) is 8.04. The van der Waals surface area contributed by atoms with Gasteiger partial charge in [-0.2, -0.15) is 0 Å². The first-order valence-corrected chi connectivity index (χ1v) is 16.5. The first-order chi connectivity index (χ1) is 21.3. The second kappa shape index (κ2) is 12.2. The molecule has 11 heteroatoms. The van der Waals surface area contributed by atoms with Crippen LogP contribution in [0.4, 0.5) is 0 Å². The molecule has 44 heavy (non-hydrogen) atoms. The largest absolute Gasteiger partial charge is 0.478 e. The van der Waals surface area contributed by atoms with Crippen LogP contribution in [0.15, 0.2) is 36.4 Å². The Balaban J connectivity index is 1.08. The lowest BCUT2D eigenvalue weighted by molar-refractivity contribution is -0.0592. The van der Waals surface area contributed by atoms with E-state index in [2.05, 4.69) is 15.5 Å². The van der Waals surface area contributed by atoms with E-state index < -0.39 is 5.97 Å². The number of aromatic carboxylic acids is 1. The van der Waals surface area contributed by atoms with Crippen molar-refractivity contribution in [2.45, 2.75) is 70.7 Å². The molecule has 0 saturated carbocycles. The second-order valence-electron chi connectivity index (χ2n) is 12.1. The maximum atomic E-state index is 11.8. The molecule has 0 amide bonds. The lowest BCUT2D eigenvalue weighted by atomic mass is 9.81. The van der Waals surface area contributed by atoms with Crippen molar-refractivity contribution in [3.8, 4) is 5.88 Å². The van der Waals surface area contributed by atoms with Crippen molar-refractivity contribution in [3.05, 3.63) is 73.8 Å². The van der Waals surface area contributed by atoms with Crippen LogP contribution in [-0.4, -0.2) is 62.1 Å². The molecule has 0 radical (unpaired) electrons. The molecule has 1 aliphatic carbocycles. The number of carbonyl (C=O) groups excluding carboxylic acids is 1. The van der Waals surface area contributed by atoms with E-state index in [4.69, 9.17) is 31.0 Å². The Morgan fingerprint density at radius 2 is 2.02 bits per heavy atom. The van der Waals surface area contributed by atoms with Crippen molar-refractivity contribution in [3.63, 3.8) is 0 Å². The van der Waals surface area contributed by atoms with Gasteiger partial charge in [0.05, 0.1) is 56.3 Å². The molecule has 9 nitrogen and oxygen atoms in total. The van der Waals surface area contributed by atoms with Crippen molar-refractivity contribution in [2.24, 2.45) is 5.92 Å². The van der Waals surface area contributed by atoms with Crippen LogP contribution in [0, 0.1) is 5.92 Å². The summed E-state index contributed by atoms with van der Waals surface area (Å²) >= 11 is 7.73. The normalized spacial score (nSPS) is 21.7. The number of carboxylic acids is 1. The molecule has 0 bridgehead atoms. The fraction of sp³-hybridized carbons (Fsp3) is 0.455. The van der Waals surface area contributed by atoms with Gasteiger partial charge in [-0.3, -0.25) is 9.69 Å². The quantitative estimate of drug-likeness (QED) is 0.212. The molecule has 230 valence electrons. The predicted molar refractivity (Wildman–Crippen MR) is 168 cm³/mol. The summed E-state index contributed by atoms with van der Waals surface area (Å²) in [6.07, 6.45) is 5.42. The second-order valence-corrected chi connectivity index (χ2v) is 13.7. The van der Waals surface area contributed by atoms with E-state index in [1.807, 2.05) is 12.1 Å². The minimum Gasteiger partial charge on any atom is -0.478 e. The number of pyridine rings is 1. The SMILES string of the molecule is CC(=O)c1cc(Cl)c(COc2ccc3c(n2)C2CCN(Cc4nc5ccc(C(=O)O)cc5n4C[C@@H]4CCO4)CC2CCC3)s1. The summed E-state index contributed by atoms with van der Waals surface area (Å²) in [4.78, 5) is 37.4. The van der Waals surface area contributed by atoms with E-state index in [0.717, 1.165) is 79.2 Å². The zero-order valence-electron chi connectivity index (χ0n) is 24.6. The van der Waals surface area contributed by atoms with Crippen molar-refractivity contribution >= 4 is 45.7 Å². The highest BCUT2D eigenvalue weighted by Crippen LogP contribution is 2.41. The molecule has 2 fully saturated rings. The molecule has 3 aromatic heterocycles. The van der Waals surface area contributed by atoms with Crippen molar-refractivity contribution < 1.29 is 24.2 Å². The molecule has 4 aromatic rings. The van der Waals surface area contributed by atoms with Gasteiger partial charge in [0.2, 0.25) is 5.88 Å². The smallest absolute Gasteiger partial charge is 0.335 e. The van der Waals surface area contributed by atoms with Gasteiger partial charge in [-0.05, 0) is 81.3 Å². The van der Waals surface area contributed by atoms with Gasteiger partial charge in [-0.15, -0.1) is 11.3 Å². The number of fused-ring (bicyclic) bond motifs is 4. The summed E-state index contributed by atoms with van der Waals surface area (Å²) in [5, 5.41) is 10.1. The highest BCUT2D eigenvalue weighted by atomic mass is 35.5. The first-order valence-electron chi connectivity index (χ1n) is 15.3. The number of thiophene rings is 1. The number of aryl methyl sites for hydroxylation is 1. The Morgan fingerprint density at radius 3 is 2.77 bits per heavy atom. The molecule has 3 aliphatic rings. The van der Waals surface area contributed by atoms with Gasteiger partial charge >= 0.3 is 5.97 Å². The van der Waals surface area contributed by atoms with E-state index in [-0.39, 0.29) is 24.1 Å². The van der Waals surface area contributed by atoms with Gasteiger partial charge in [-0.1, -0.05) is 17.7 Å². The van der Waals surface area contributed by atoms with Gasteiger partial charge in [0.15, 0.2) is 5.78 Å². The van der Waals surface area contributed by atoms with Crippen molar-refractivity contribution in [1.82, 2.24) is 19.4 Å². The standard InChI is InChI=1S/C33H35ClN4O5S/c1-19(39)28-14-25(34)29(44-28)18-43-31-8-6-20-3-2-4-22-15-37(11-9-24(22)32(20)36-31)17-30-35-26-7-5-21(33(40)41)13-27(26)38(30)16-23-10-12-42-23/h5-8,13-14,22-24H,2-4,9-12,15-18H2,1H3,(H,40,41)/t22?,23-,24?/m0/s1. The van der Waals surface area contributed by atoms with Crippen LogP contribution in [-0.2, 0) is 30.9 Å². The molecule has 1 N–H and O–H groups in total. The minimum atomic E-state index is -0.934. The number of hydrogen-bond acceptors (Lipinski definition) is 8. The summed E-state index contributed by atoms with van der Waals surface area (Å²) in [6.45, 7) is 5.87. The van der Waals surface area contributed by atoms with Gasteiger partial charge in [0, 0.05) is 25.1 Å². The molecular weight excluding hydrogens is 600 g/mol. The van der Waals surface area contributed by atoms with Gasteiger partial charge in [0.25, 0.3) is 0 Å². The predicted octanol–water partition coefficient (Wildman–Crippen LogP) is 6.36. The number of imidazole rings is 1. The maximum Gasteiger partial charge on any atom is 0.335 e. The zero-order chi connectivity index (χ0) is 30.4. The molecule has 5 heterocycles. The van der Waals surface area contributed by atoms with Gasteiger partial charge in [-0.25, -0.2) is 14.8 Å². The Hall–Kier alpha value is -3.31. The third kappa shape index (κ3) is 5.88. The van der Waals surface area contributed by atoms with E-state index in [1.54, 1.807) is 25.1 Å². The number of rotatable bonds is 9. The third-order valence-corrected chi connectivity index (χ3v) is 10.9. The summed E-state index contributed by atoms with van der Waals surface area (Å²) < 4.78 is 14.0. The number of piperidine rings is 1. The number of ketones is 1. The highest BCUT2D eigenvalue weighted by molar-refractivity contribution is 7.14. The number of carbonyl (C=O) groups is 2. The Morgan fingerprint density at radius 1 is 1.16 bits per heavy atom. The van der Waals surface area contributed by atoms with Crippen molar-refractivity contribution in [2.75, 3.05) is 19.7 Å². The first kappa shape index (κ1) is 29.4. The van der Waals surface area contributed by atoms with E-state index in [0.29, 0.717) is 40.7 Å². The summed E-state index contributed by atoms with van der Waals surface area (Å²) in [5.74, 6) is 1.45. The molecule has 2 unspecified atom stereocenters. The molecule has 0 spiro atoms. The topological polar surface area (TPSA) is 107 Å². The number of halogens is 1. The average molecular weight is 635 g/mol. The lowest BCUT2D eigenvalue weighted by Gasteiger charge is -2.38. The molecule has 2 aliphatic heterocycles. The number of Topliss-reactive ketones (excluding diaryl/α,β-unsaturated/α-hetero) is 1. The van der Waals surface area contributed by atoms with Gasteiger partial charge < -0.3 is 19.1 Å². The van der Waals surface area contributed by atoms with Gasteiger partial charge in [0.1, 0.15) is 12.4 Å². The fourth-order valence-electron chi connectivity index (χ4n) is 6.84. The van der Waals surface area contributed by atoms with E-state index in [1.165, 1.54) is 16.9 Å². The maximum absolute atomic E-state index is 11.8. The number of benzene rings is 1. The molecule has 1 aromatic carbocycles. The summed E-state index contributed by atoms with van der Waals surface area (Å²) in [5.41, 5.74) is 4.41.